The summed E-state index contributed by atoms with van der Waals surface area (Å²) in [5.41, 5.74) is 27.0. The van der Waals surface area contributed by atoms with Gasteiger partial charge >= 0.3 is 0 Å². The van der Waals surface area contributed by atoms with Gasteiger partial charge in [0.25, 0.3) is 6.71 Å². The van der Waals surface area contributed by atoms with Crippen LogP contribution in [0.3, 0.4) is 0 Å². The number of nitrogens with zero attached hydrogens (tertiary/aromatic N) is 5. The fourth-order valence-corrected chi connectivity index (χ4v) is 18.4. The molecule has 116 heavy (non-hydrogen) atoms. The molecule has 0 fully saturated rings. The molecule has 0 saturated carbocycles. The van der Waals surface area contributed by atoms with Crippen molar-refractivity contribution in [1.82, 2.24) is 13.7 Å². The Hall–Kier alpha value is -12.6. The molecule has 0 bridgehead atoms. The fourth-order valence-electron chi connectivity index (χ4n) is 18.4. The molecule has 0 atom stereocenters. The number of hydrogen-bond acceptors (Lipinski definition) is 2. The minimum atomic E-state index is -0.570. The highest BCUT2D eigenvalue weighted by Crippen LogP contribution is 2.56. The molecule has 6 heteroatoms. The second-order valence-corrected chi connectivity index (χ2v) is 37.2. The second kappa shape index (κ2) is 26.5. The SMILES string of the molecule is [2H]c1c([2H])c([2H])c2c(c1[2H])c1c([2H])c([2H])c([2H])c([2H])c1n2-c1cc2c3c(c1)N(c1c(-c4ccccc4)ccc4c1c1ccccc1n4-c1ccccc1)c1cc(-n4c5ccc(C(C)(C)C)cc5c5cc(C(C)(C)C)ccc54)ccc1B3c1ccc(-c3cc(C(C)(C)C)cc(C(C)(C)C)c3)cc1N2c1c(-c2ccccc2)cc(C(C)(C)C)cc1-c1ccccc1. The molecule has 3 aromatic heterocycles. The average Bonchev–Trinajstić information content (AvgIpc) is 1.10. The van der Waals surface area contributed by atoms with Gasteiger partial charge in [0.1, 0.15) is 0 Å². The van der Waals surface area contributed by atoms with Crippen molar-refractivity contribution in [2.45, 2.75) is 131 Å². The van der Waals surface area contributed by atoms with Crippen molar-refractivity contribution in [2.75, 3.05) is 9.80 Å². The number of benzene rings is 15. The van der Waals surface area contributed by atoms with Gasteiger partial charge in [-0.25, -0.2) is 0 Å². The molecule has 15 aromatic carbocycles. The van der Waals surface area contributed by atoms with Crippen molar-refractivity contribution in [3.05, 3.63) is 349 Å². The molecule has 20 rings (SSSR count). The quantitative estimate of drug-likeness (QED) is 0.134. The van der Waals surface area contributed by atoms with E-state index in [1.54, 1.807) is 4.57 Å². The van der Waals surface area contributed by atoms with Crippen molar-refractivity contribution in [3.8, 4) is 61.6 Å². The highest BCUT2D eigenvalue weighted by atomic mass is 15.2. The van der Waals surface area contributed by atoms with Gasteiger partial charge in [-0.15, -0.1) is 0 Å². The van der Waals surface area contributed by atoms with Crippen molar-refractivity contribution in [3.63, 3.8) is 0 Å². The van der Waals surface area contributed by atoms with E-state index in [0.29, 0.717) is 5.69 Å². The predicted molar refractivity (Wildman–Crippen MR) is 499 cm³/mol. The number of aromatic nitrogens is 3. The molecule has 0 spiro atoms. The van der Waals surface area contributed by atoms with E-state index in [9.17, 15) is 11.0 Å². The van der Waals surface area contributed by atoms with Gasteiger partial charge in [-0.2, -0.15) is 0 Å². The summed E-state index contributed by atoms with van der Waals surface area (Å²) in [5, 5.41) is 4.24. The first-order chi connectivity index (χ1) is 59.0. The van der Waals surface area contributed by atoms with Crippen molar-refractivity contribution >= 4 is 123 Å². The molecule has 5 nitrogen and oxygen atoms in total. The molecular weight excluding hydrogens is 1400 g/mol. The molecular formula is C110H98BN5. The minimum absolute atomic E-state index is 0.0123. The van der Waals surface area contributed by atoms with E-state index in [1.807, 2.05) is 0 Å². The molecule has 0 amide bonds. The van der Waals surface area contributed by atoms with E-state index in [1.165, 1.54) is 22.3 Å². The first-order valence-corrected chi connectivity index (χ1v) is 40.8. The zero-order valence-electron chi connectivity index (χ0n) is 76.8. The van der Waals surface area contributed by atoms with Gasteiger partial charge in [0, 0.05) is 83.1 Å². The monoisotopic (exact) mass is 1510 g/mol. The van der Waals surface area contributed by atoms with Crippen LogP contribution >= 0.6 is 0 Å². The molecule has 2 aliphatic rings. The van der Waals surface area contributed by atoms with Gasteiger partial charge in [0.15, 0.2) is 0 Å². The van der Waals surface area contributed by atoms with Crippen molar-refractivity contribution in [2.24, 2.45) is 0 Å². The Morgan fingerprint density at radius 1 is 0.250 bits per heavy atom. The van der Waals surface area contributed by atoms with E-state index in [2.05, 4.69) is 396 Å². The van der Waals surface area contributed by atoms with Crippen LogP contribution in [0.25, 0.3) is 127 Å². The third kappa shape index (κ3) is 11.7. The molecule has 566 valence electrons. The van der Waals surface area contributed by atoms with Gasteiger partial charge in [-0.05, 0) is 202 Å². The summed E-state index contributed by atoms with van der Waals surface area (Å²) in [5.74, 6) is 0. The van der Waals surface area contributed by atoms with Crippen LogP contribution in [0.1, 0.15) is 143 Å². The number of fused-ring (bicyclic) bond motifs is 13. The lowest BCUT2D eigenvalue weighted by molar-refractivity contribution is 0.569. The summed E-state index contributed by atoms with van der Waals surface area (Å²) in [4.78, 5) is 5.01. The Morgan fingerprint density at radius 3 is 1.19 bits per heavy atom. The van der Waals surface area contributed by atoms with Crippen LogP contribution in [0.15, 0.2) is 321 Å². The Labute approximate surface area is 694 Å². The standard InChI is InChI=1S/C110H98BN5/c1-106(2,3)74-49-55-95-88(62-74)89-63-75(107(4,5)6)50-56-96(89)113(95)80-51-54-91-99(66-80)116(105-82(69-34-20-16-21-35-69)52-57-97-102(105)85-44-30-33-47-94(85)112(97)79-40-26-19-27-41-79)101-68-81(114-92-45-31-28-42-83(92)84-43-29-32-46-93(84)114)67-100-103(101)111(91)90-53-48-72(73-58-76(108(7,8)9)61-77(59-73)109(10,11)12)60-98(90)115(100)104-86(70-36-22-17-23-37-70)64-78(110(13,14)15)65-87(104)71-38-24-18-25-39-71/h16-68H,1-15H3/i28D,29D,31D,32D,42D,43D,45D,46D. The van der Waals surface area contributed by atoms with E-state index in [-0.39, 0.29) is 48.9 Å². The normalized spacial score (nSPS) is 14.2. The topological polar surface area (TPSA) is 21.3 Å². The van der Waals surface area contributed by atoms with Crippen molar-refractivity contribution in [1.29, 1.82) is 0 Å². The van der Waals surface area contributed by atoms with E-state index in [0.717, 1.165) is 156 Å². The lowest BCUT2D eigenvalue weighted by atomic mass is 9.33. The third-order valence-corrected chi connectivity index (χ3v) is 24.6. The van der Waals surface area contributed by atoms with Crippen LogP contribution in [-0.2, 0) is 27.1 Å². The Morgan fingerprint density at radius 2 is 0.664 bits per heavy atom. The number of anilines is 6. The number of rotatable bonds is 9. The Bertz CT molecular complexity index is 7290. The zero-order valence-corrected chi connectivity index (χ0v) is 68.8. The molecule has 5 heterocycles. The second-order valence-electron chi connectivity index (χ2n) is 37.2. The van der Waals surface area contributed by atoms with E-state index >= 15 is 0 Å². The van der Waals surface area contributed by atoms with Gasteiger partial charge in [0.05, 0.1) is 61.1 Å². The first kappa shape index (κ1) is 63.7. The summed E-state index contributed by atoms with van der Waals surface area (Å²) in [6.45, 7) is 33.7. The summed E-state index contributed by atoms with van der Waals surface area (Å²) >= 11 is 0. The summed E-state index contributed by atoms with van der Waals surface area (Å²) in [6, 6.07) is 96.8. The highest BCUT2D eigenvalue weighted by molar-refractivity contribution is 7.00. The maximum absolute atomic E-state index is 10.4. The number of hydrogen-bond donors (Lipinski definition) is 0. The lowest BCUT2D eigenvalue weighted by Crippen LogP contribution is -2.61. The first-order valence-electron chi connectivity index (χ1n) is 44.8. The van der Waals surface area contributed by atoms with Crippen LogP contribution in [0, 0.1) is 0 Å². The van der Waals surface area contributed by atoms with Crippen LogP contribution in [-0.4, -0.2) is 20.4 Å². The molecule has 0 saturated heterocycles. The van der Waals surface area contributed by atoms with Crippen LogP contribution < -0.4 is 26.2 Å². The van der Waals surface area contributed by atoms with Crippen LogP contribution in [0.2, 0.25) is 0 Å². The maximum Gasteiger partial charge on any atom is 0.252 e. The lowest BCUT2D eigenvalue weighted by Gasteiger charge is -2.46. The molecule has 2 aliphatic heterocycles. The van der Waals surface area contributed by atoms with Gasteiger partial charge in [0.2, 0.25) is 0 Å². The third-order valence-electron chi connectivity index (χ3n) is 24.6. The van der Waals surface area contributed by atoms with Gasteiger partial charge in [-0.3, -0.25) is 0 Å². The predicted octanol–water partition coefficient (Wildman–Crippen LogP) is 28.2. The van der Waals surface area contributed by atoms with Crippen molar-refractivity contribution < 1.29 is 11.0 Å². The Kier molecular flexibility index (Phi) is 14.5. The van der Waals surface area contributed by atoms with E-state index < -0.39 is 55.1 Å². The molecule has 0 N–H and O–H groups in total. The maximum atomic E-state index is 10.4. The van der Waals surface area contributed by atoms with Gasteiger partial charge < -0.3 is 23.5 Å². The molecule has 0 radical (unpaired) electrons. The van der Waals surface area contributed by atoms with Crippen LogP contribution in [0.5, 0.6) is 0 Å². The van der Waals surface area contributed by atoms with Gasteiger partial charge in [-0.1, -0.05) is 322 Å². The number of para-hydroxylation sites is 4. The minimum Gasteiger partial charge on any atom is -0.310 e. The average molecular weight is 1510 g/mol. The molecule has 18 aromatic rings. The fraction of sp³-hybridized carbons (Fsp3) is 0.182. The Balaban J connectivity index is 1.04. The highest BCUT2D eigenvalue weighted by Gasteiger charge is 2.47. The summed E-state index contributed by atoms with van der Waals surface area (Å²) in [6.07, 6.45) is 0. The summed E-state index contributed by atoms with van der Waals surface area (Å²) in [7, 11) is 0. The largest absolute Gasteiger partial charge is 0.310 e. The molecule has 0 aliphatic carbocycles. The van der Waals surface area contributed by atoms with Crippen LogP contribution in [0.4, 0.5) is 34.1 Å². The smallest absolute Gasteiger partial charge is 0.252 e. The molecule has 0 unspecified atom stereocenters. The van der Waals surface area contributed by atoms with E-state index in [4.69, 9.17) is 0 Å². The zero-order chi connectivity index (χ0) is 86.8. The summed E-state index contributed by atoms with van der Waals surface area (Å²) < 4.78 is 85.8.